The fourth-order valence-corrected chi connectivity index (χ4v) is 3.61. The van der Waals surface area contributed by atoms with Crippen molar-refractivity contribution in [2.75, 3.05) is 19.6 Å². The van der Waals surface area contributed by atoms with E-state index in [1.54, 1.807) is 4.90 Å². The molecule has 1 unspecified atom stereocenters. The SMILES string of the molecule is O=C(O)CC1CCCN(C(=O)NCC2(C3CC3)CC2)C1. The largest absolute Gasteiger partial charge is 0.481 e. The standard InChI is InChI=1S/C15H24N2O3/c18-13(19)8-11-2-1-7-17(9-11)14(20)16-10-15(5-6-15)12-3-4-12/h11-12H,1-10H2,(H,16,20)(H,18,19). The normalized spacial score (nSPS) is 28.0. The topological polar surface area (TPSA) is 69.6 Å². The predicted molar refractivity (Wildman–Crippen MR) is 74.3 cm³/mol. The van der Waals surface area contributed by atoms with Gasteiger partial charge in [-0.1, -0.05) is 0 Å². The lowest BCUT2D eigenvalue weighted by Gasteiger charge is -2.32. The van der Waals surface area contributed by atoms with E-state index in [4.69, 9.17) is 5.11 Å². The zero-order valence-corrected chi connectivity index (χ0v) is 11.9. The molecule has 3 aliphatic rings. The highest BCUT2D eigenvalue weighted by molar-refractivity contribution is 5.74. The molecule has 1 heterocycles. The number of urea groups is 1. The number of carboxylic acid groups (broad SMARTS) is 1. The highest BCUT2D eigenvalue weighted by Gasteiger charge is 2.53. The van der Waals surface area contributed by atoms with Crippen LogP contribution in [0.5, 0.6) is 0 Å². The van der Waals surface area contributed by atoms with Crippen molar-refractivity contribution in [1.29, 1.82) is 0 Å². The molecule has 3 rings (SSSR count). The van der Waals surface area contributed by atoms with Gasteiger partial charge in [0.25, 0.3) is 0 Å². The van der Waals surface area contributed by atoms with Gasteiger partial charge in [0.15, 0.2) is 0 Å². The van der Waals surface area contributed by atoms with Crippen molar-refractivity contribution < 1.29 is 14.7 Å². The Morgan fingerprint density at radius 3 is 2.60 bits per heavy atom. The fourth-order valence-electron chi connectivity index (χ4n) is 3.61. The third kappa shape index (κ3) is 3.07. The van der Waals surface area contributed by atoms with E-state index in [0.29, 0.717) is 12.0 Å². The monoisotopic (exact) mass is 280 g/mol. The minimum Gasteiger partial charge on any atom is -0.481 e. The summed E-state index contributed by atoms with van der Waals surface area (Å²) in [6.07, 6.45) is 7.21. The molecule has 0 radical (unpaired) electrons. The second-order valence-corrected chi connectivity index (χ2v) is 6.85. The number of hydrogen-bond acceptors (Lipinski definition) is 2. The number of aliphatic carboxylic acids is 1. The molecular formula is C15H24N2O3. The molecule has 5 nitrogen and oxygen atoms in total. The van der Waals surface area contributed by atoms with Crippen LogP contribution in [0, 0.1) is 17.3 Å². The molecule has 1 atom stereocenters. The average molecular weight is 280 g/mol. The van der Waals surface area contributed by atoms with E-state index in [1.807, 2.05) is 0 Å². The third-order valence-corrected chi connectivity index (χ3v) is 5.20. The van der Waals surface area contributed by atoms with Crippen molar-refractivity contribution >= 4 is 12.0 Å². The van der Waals surface area contributed by atoms with Crippen LogP contribution in [0.25, 0.3) is 0 Å². The lowest BCUT2D eigenvalue weighted by molar-refractivity contribution is -0.138. The number of nitrogens with zero attached hydrogens (tertiary/aromatic N) is 1. The summed E-state index contributed by atoms with van der Waals surface area (Å²) in [5.41, 5.74) is 0.423. The van der Waals surface area contributed by atoms with Gasteiger partial charge in [-0.05, 0) is 55.8 Å². The Morgan fingerprint density at radius 2 is 2.00 bits per heavy atom. The fraction of sp³-hybridized carbons (Fsp3) is 0.867. The average Bonchev–Trinajstić information content (AvgIpc) is 3.27. The first-order valence-corrected chi connectivity index (χ1v) is 7.84. The van der Waals surface area contributed by atoms with E-state index in [1.165, 1.54) is 25.7 Å². The number of rotatable bonds is 5. The van der Waals surface area contributed by atoms with Crippen molar-refractivity contribution in [3.05, 3.63) is 0 Å². The molecule has 2 amide bonds. The Bertz CT molecular complexity index is 402. The molecule has 20 heavy (non-hydrogen) atoms. The molecule has 112 valence electrons. The number of carbonyl (C=O) groups is 2. The van der Waals surface area contributed by atoms with Crippen LogP contribution in [0.4, 0.5) is 4.79 Å². The molecule has 2 saturated carbocycles. The van der Waals surface area contributed by atoms with Gasteiger partial charge in [0.1, 0.15) is 0 Å². The number of carbonyl (C=O) groups excluding carboxylic acids is 1. The third-order valence-electron chi connectivity index (χ3n) is 5.20. The Morgan fingerprint density at radius 1 is 1.25 bits per heavy atom. The maximum atomic E-state index is 12.2. The highest BCUT2D eigenvalue weighted by Crippen LogP contribution is 2.60. The smallest absolute Gasteiger partial charge is 0.317 e. The zero-order valence-electron chi connectivity index (χ0n) is 11.9. The van der Waals surface area contributed by atoms with Crippen LogP contribution in [0.15, 0.2) is 0 Å². The van der Waals surface area contributed by atoms with Crippen LogP contribution in [0.2, 0.25) is 0 Å². The number of amides is 2. The zero-order chi connectivity index (χ0) is 14.2. The summed E-state index contributed by atoms with van der Waals surface area (Å²) in [6.45, 7) is 2.17. The van der Waals surface area contributed by atoms with Crippen LogP contribution < -0.4 is 5.32 Å². The Labute approximate surface area is 119 Å². The Kier molecular flexibility index (Phi) is 3.61. The van der Waals surface area contributed by atoms with Gasteiger partial charge in [-0.2, -0.15) is 0 Å². The summed E-state index contributed by atoms with van der Waals surface area (Å²) < 4.78 is 0. The van der Waals surface area contributed by atoms with Gasteiger partial charge in [0, 0.05) is 26.1 Å². The van der Waals surface area contributed by atoms with Gasteiger partial charge in [0.2, 0.25) is 0 Å². The molecule has 2 N–H and O–H groups in total. The van der Waals surface area contributed by atoms with E-state index in [2.05, 4.69) is 5.32 Å². The molecule has 1 saturated heterocycles. The number of piperidine rings is 1. The molecule has 5 heteroatoms. The summed E-state index contributed by atoms with van der Waals surface area (Å²) in [5.74, 6) is 0.206. The quantitative estimate of drug-likeness (QED) is 0.810. The van der Waals surface area contributed by atoms with Crippen molar-refractivity contribution in [2.24, 2.45) is 17.3 Å². The molecule has 0 bridgehead atoms. The number of carboxylic acids is 1. The van der Waals surface area contributed by atoms with Crippen LogP contribution in [0.3, 0.4) is 0 Å². The maximum absolute atomic E-state index is 12.2. The van der Waals surface area contributed by atoms with E-state index < -0.39 is 5.97 Å². The molecule has 1 aliphatic heterocycles. The second kappa shape index (κ2) is 5.26. The lowest BCUT2D eigenvalue weighted by Crippen LogP contribution is -2.47. The van der Waals surface area contributed by atoms with E-state index >= 15 is 0 Å². The van der Waals surface area contributed by atoms with Crippen LogP contribution >= 0.6 is 0 Å². The van der Waals surface area contributed by atoms with E-state index in [9.17, 15) is 9.59 Å². The number of nitrogens with one attached hydrogen (secondary N) is 1. The summed E-state index contributed by atoms with van der Waals surface area (Å²) in [7, 11) is 0. The van der Waals surface area contributed by atoms with Gasteiger partial charge in [0.05, 0.1) is 0 Å². The summed E-state index contributed by atoms with van der Waals surface area (Å²) in [5, 5.41) is 11.9. The van der Waals surface area contributed by atoms with Crippen molar-refractivity contribution in [1.82, 2.24) is 10.2 Å². The molecule has 0 aromatic carbocycles. The van der Waals surface area contributed by atoms with Crippen molar-refractivity contribution in [2.45, 2.75) is 44.9 Å². The minimum atomic E-state index is -0.761. The van der Waals surface area contributed by atoms with Gasteiger partial charge >= 0.3 is 12.0 Å². The first-order valence-electron chi connectivity index (χ1n) is 7.84. The van der Waals surface area contributed by atoms with Crippen molar-refractivity contribution in [3.63, 3.8) is 0 Å². The Balaban J connectivity index is 1.45. The van der Waals surface area contributed by atoms with Crippen LogP contribution in [-0.2, 0) is 4.79 Å². The molecule has 0 aromatic rings. The highest BCUT2D eigenvalue weighted by atomic mass is 16.4. The van der Waals surface area contributed by atoms with E-state index in [0.717, 1.165) is 31.8 Å². The maximum Gasteiger partial charge on any atom is 0.317 e. The van der Waals surface area contributed by atoms with Crippen LogP contribution in [0.1, 0.15) is 44.9 Å². The second-order valence-electron chi connectivity index (χ2n) is 6.85. The number of hydrogen-bond donors (Lipinski definition) is 2. The molecule has 3 fully saturated rings. The van der Waals surface area contributed by atoms with Gasteiger partial charge < -0.3 is 15.3 Å². The first-order chi connectivity index (χ1) is 9.59. The summed E-state index contributed by atoms with van der Waals surface area (Å²) >= 11 is 0. The minimum absolute atomic E-state index is 0.00649. The predicted octanol–water partition coefficient (Wildman–Crippen LogP) is 2.07. The van der Waals surface area contributed by atoms with E-state index in [-0.39, 0.29) is 18.4 Å². The molecule has 2 aliphatic carbocycles. The van der Waals surface area contributed by atoms with Gasteiger partial charge in [-0.25, -0.2) is 4.79 Å². The Hall–Kier alpha value is -1.26. The summed E-state index contributed by atoms with van der Waals surface area (Å²) in [4.78, 5) is 24.8. The van der Waals surface area contributed by atoms with Crippen LogP contribution in [-0.4, -0.2) is 41.6 Å². The van der Waals surface area contributed by atoms with Crippen molar-refractivity contribution in [3.8, 4) is 0 Å². The molecular weight excluding hydrogens is 256 g/mol. The molecule has 0 spiro atoms. The van der Waals surface area contributed by atoms with Gasteiger partial charge in [-0.15, -0.1) is 0 Å². The van der Waals surface area contributed by atoms with Gasteiger partial charge in [-0.3, -0.25) is 4.79 Å². The number of likely N-dealkylation sites (tertiary alicyclic amines) is 1. The first kappa shape index (κ1) is 13.7. The lowest BCUT2D eigenvalue weighted by atomic mass is 9.95. The summed E-state index contributed by atoms with van der Waals surface area (Å²) in [6, 6.07) is 0.00649. The molecule has 0 aromatic heterocycles.